The largest absolute Gasteiger partial charge is 0.392 e. The number of nitrogens with one attached hydrogen (secondary N) is 1. The fourth-order valence-electron chi connectivity index (χ4n) is 1.35. The van der Waals surface area contributed by atoms with Crippen molar-refractivity contribution in [3.05, 3.63) is 29.8 Å². The first-order chi connectivity index (χ1) is 7.93. The smallest absolute Gasteiger partial charge is 0.232 e. The van der Waals surface area contributed by atoms with E-state index in [1.54, 1.807) is 24.3 Å². The molecule has 0 radical (unpaired) electrons. The average Bonchev–Trinajstić information content (AvgIpc) is 2.26. The molecule has 0 saturated carbocycles. The quantitative estimate of drug-likeness (QED) is 0.818. The molecule has 0 spiro atoms. The summed E-state index contributed by atoms with van der Waals surface area (Å²) in [6.07, 6.45) is 0.634. The molecule has 96 valence electrons. The van der Waals surface area contributed by atoms with Gasteiger partial charge in [-0.3, -0.25) is 4.72 Å². The molecule has 0 aliphatic carbocycles. The normalized spacial score (nSPS) is 11.8. The van der Waals surface area contributed by atoms with Crippen molar-refractivity contribution in [1.82, 2.24) is 0 Å². The molecule has 0 aromatic heterocycles. The van der Waals surface area contributed by atoms with Gasteiger partial charge in [0.25, 0.3) is 0 Å². The summed E-state index contributed by atoms with van der Waals surface area (Å²) >= 11 is 0. The highest BCUT2D eigenvalue weighted by molar-refractivity contribution is 7.92. The highest BCUT2D eigenvalue weighted by Gasteiger charge is 2.11. The first-order valence-electron chi connectivity index (χ1n) is 5.63. The molecule has 0 fully saturated rings. The Morgan fingerprint density at radius 2 is 2.06 bits per heavy atom. The van der Waals surface area contributed by atoms with E-state index in [2.05, 4.69) is 4.72 Å². The number of aliphatic hydroxyl groups excluding tert-OH is 1. The standard InChI is InChI=1S/C12H19NO3S/c1-10(2)6-7-17(15,16)13-12-5-3-4-11(8-12)9-14/h3-5,8,10,13-14H,6-7,9H2,1-2H3. The Labute approximate surface area is 103 Å². The molecule has 1 aromatic carbocycles. The molecule has 4 nitrogen and oxygen atoms in total. The van der Waals surface area contributed by atoms with Crippen LogP contribution in [-0.4, -0.2) is 19.3 Å². The minimum atomic E-state index is -3.29. The first-order valence-corrected chi connectivity index (χ1v) is 7.28. The highest BCUT2D eigenvalue weighted by Crippen LogP contribution is 2.13. The maximum Gasteiger partial charge on any atom is 0.232 e. The minimum Gasteiger partial charge on any atom is -0.392 e. The van der Waals surface area contributed by atoms with Crippen LogP contribution in [0.5, 0.6) is 0 Å². The molecule has 0 aliphatic rings. The average molecular weight is 257 g/mol. The van der Waals surface area contributed by atoms with E-state index in [-0.39, 0.29) is 12.4 Å². The van der Waals surface area contributed by atoms with E-state index in [0.29, 0.717) is 23.6 Å². The molecule has 0 amide bonds. The van der Waals surface area contributed by atoms with Crippen molar-refractivity contribution in [2.45, 2.75) is 26.9 Å². The van der Waals surface area contributed by atoms with E-state index in [1.165, 1.54) is 0 Å². The predicted molar refractivity (Wildman–Crippen MR) is 69.2 cm³/mol. The van der Waals surface area contributed by atoms with Crippen LogP contribution < -0.4 is 4.72 Å². The van der Waals surface area contributed by atoms with E-state index < -0.39 is 10.0 Å². The van der Waals surface area contributed by atoms with Crippen molar-refractivity contribution in [2.24, 2.45) is 5.92 Å². The monoisotopic (exact) mass is 257 g/mol. The molecular formula is C12H19NO3S. The van der Waals surface area contributed by atoms with Gasteiger partial charge >= 0.3 is 0 Å². The summed E-state index contributed by atoms with van der Waals surface area (Å²) in [5, 5.41) is 8.96. The molecule has 0 aliphatic heterocycles. The Balaban J connectivity index is 2.69. The van der Waals surface area contributed by atoms with E-state index in [0.717, 1.165) is 0 Å². The molecule has 17 heavy (non-hydrogen) atoms. The Morgan fingerprint density at radius 3 is 2.65 bits per heavy atom. The first kappa shape index (κ1) is 14.0. The molecule has 0 atom stereocenters. The van der Waals surface area contributed by atoms with Crippen molar-refractivity contribution >= 4 is 15.7 Å². The number of hydrogen-bond acceptors (Lipinski definition) is 3. The van der Waals surface area contributed by atoms with Crippen molar-refractivity contribution in [1.29, 1.82) is 0 Å². The third-order valence-electron chi connectivity index (χ3n) is 2.35. The minimum absolute atomic E-state index is 0.0957. The molecule has 0 unspecified atom stereocenters. The zero-order valence-electron chi connectivity index (χ0n) is 10.2. The Bertz CT molecular complexity index is 455. The summed E-state index contributed by atoms with van der Waals surface area (Å²) in [6.45, 7) is 3.88. The second kappa shape index (κ2) is 6.02. The van der Waals surface area contributed by atoms with Gasteiger partial charge < -0.3 is 5.11 Å². The number of sulfonamides is 1. The second-order valence-electron chi connectivity index (χ2n) is 4.46. The summed E-state index contributed by atoms with van der Waals surface area (Å²) in [5.74, 6) is 0.476. The van der Waals surface area contributed by atoms with Crippen LogP contribution in [-0.2, 0) is 16.6 Å². The van der Waals surface area contributed by atoms with Crippen LogP contribution >= 0.6 is 0 Å². The topological polar surface area (TPSA) is 66.4 Å². The van der Waals surface area contributed by atoms with Gasteiger partial charge in [0.1, 0.15) is 0 Å². The molecule has 5 heteroatoms. The molecule has 1 aromatic rings. The van der Waals surface area contributed by atoms with Gasteiger partial charge in [-0.2, -0.15) is 0 Å². The van der Waals surface area contributed by atoms with Crippen molar-refractivity contribution in [3.8, 4) is 0 Å². The van der Waals surface area contributed by atoms with Crippen molar-refractivity contribution < 1.29 is 13.5 Å². The van der Waals surface area contributed by atoms with Gasteiger partial charge in [-0.15, -0.1) is 0 Å². The predicted octanol–water partition coefficient (Wildman–Crippen LogP) is 1.97. The zero-order valence-corrected chi connectivity index (χ0v) is 11.0. The number of hydrogen-bond donors (Lipinski definition) is 2. The fourth-order valence-corrected chi connectivity index (χ4v) is 2.72. The van der Waals surface area contributed by atoms with Crippen molar-refractivity contribution in [3.63, 3.8) is 0 Å². The number of anilines is 1. The van der Waals surface area contributed by atoms with E-state index in [9.17, 15) is 8.42 Å². The molecule has 0 bridgehead atoms. The van der Waals surface area contributed by atoms with Gasteiger partial charge in [0.15, 0.2) is 0 Å². The maximum absolute atomic E-state index is 11.7. The molecule has 2 N–H and O–H groups in total. The summed E-state index contributed by atoms with van der Waals surface area (Å²) in [6, 6.07) is 6.76. The second-order valence-corrected chi connectivity index (χ2v) is 6.30. The lowest BCUT2D eigenvalue weighted by Crippen LogP contribution is -2.17. The molecular weight excluding hydrogens is 238 g/mol. The number of benzene rings is 1. The molecule has 0 saturated heterocycles. The summed E-state index contributed by atoms with van der Waals surface area (Å²) in [5.41, 5.74) is 1.19. The summed E-state index contributed by atoms with van der Waals surface area (Å²) in [4.78, 5) is 0. The zero-order chi connectivity index (χ0) is 12.9. The lowest BCUT2D eigenvalue weighted by molar-refractivity contribution is 0.282. The Hall–Kier alpha value is -1.07. The number of aliphatic hydroxyl groups is 1. The maximum atomic E-state index is 11.7. The fraction of sp³-hybridized carbons (Fsp3) is 0.500. The van der Waals surface area contributed by atoms with Gasteiger partial charge in [-0.1, -0.05) is 26.0 Å². The lowest BCUT2D eigenvalue weighted by atomic mass is 10.2. The van der Waals surface area contributed by atoms with Crippen LogP contribution in [0.4, 0.5) is 5.69 Å². The van der Waals surface area contributed by atoms with Crippen LogP contribution in [0.25, 0.3) is 0 Å². The van der Waals surface area contributed by atoms with E-state index in [1.807, 2.05) is 13.8 Å². The third-order valence-corrected chi connectivity index (χ3v) is 3.67. The highest BCUT2D eigenvalue weighted by atomic mass is 32.2. The van der Waals surface area contributed by atoms with E-state index in [4.69, 9.17) is 5.11 Å². The van der Waals surface area contributed by atoms with Crippen LogP contribution in [0.15, 0.2) is 24.3 Å². The van der Waals surface area contributed by atoms with Crippen LogP contribution in [0.1, 0.15) is 25.8 Å². The van der Waals surface area contributed by atoms with Gasteiger partial charge in [-0.05, 0) is 30.0 Å². The SMILES string of the molecule is CC(C)CCS(=O)(=O)Nc1cccc(CO)c1. The van der Waals surface area contributed by atoms with Crippen molar-refractivity contribution in [2.75, 3.05) is 10.5 Å². The molecule has 0 heterocycles. The van der Waals surface area contributed by atoms with Gasteiger partial charge in [-0.25, -0.2) is 8.42 Å². The van der Waals surface area contributed by atoms with Gasteiger partial charge in [0.05, 0.1) is 12.4 Å². The van der Waals surface area contributed by atoms with E-state index >= 15 is 0 Å². The summed E-state index contributed by atoms with van der Waals surface area (Å²) in [7, 11) is -3.29. The Kier molecular flexibility index (Phi) is 4.96. The summed E-state index contributed by atoms with van der Waals surface area (Å²) < 4.78 is 26.0. The lowest BCUT2D eigenvalue weighted by Gasteiger charge is -2.10. The third kappa shape index (κ3) is 5.19. The van der Waals surface area contributed by atoms with Gasteiger partial charge in [0.2, 0.25) is 10.0 Å². The van der Waals surface area contributed by atoms with Crippen LogP contribution in [0.2, 0.25) is 0 Å². The van der Waals surface area contributed by atoms with Gasteiger partial charge in [0, 0.05) is 5.69 Å². The Morgan fingerprint density at radius 1 is 1.35 bits per heavy atom. The number of rotatable bonds is 6. The van der Waals surface area contributed by atoms with Crippen LogP contribution in [0.3, 0.4) is 0 Å². The molecule has 1 rings (SSSR count). The van der Waals surface area contributed by atoms with Crippen LogP contribution in [0, 0.1) is 5.92 Å².